The second-order valence-corrected chi connectivity index (χ2v) is 11.5. The summed E-state index contributed by atoms with van der Waals surface area (Å²) in [5.74, 6) is 0.124. The van der Waals surface area contributed by atoms with Gasteiger partial charge in [-0.2, -0.15) is 0 Å². The second-order valence-electron chi connectivity index (χ2n) is 11.1. The summed E-state index contributed by atoms with van der Waals surface area (Å²) in [7, 11) is 0. The number of rotatable bonds is 6. The van der Waals surface area contributed by atoms with E-state index < -0.39 is 17.8 Å². The highest BCUT2D eigenvalue weighted by molar-refractivity contribution is 6.30. The number of aromatic nitrogens is 2. The molecule has 0 unspecified atom stereocenters. The van der Waals surface area contributed by atoms with Crippen molar-refractivity contribution >= 4 is 23.3 Å². The molecule has 2 fully saturated rings. The van der Waals surface area contributed by atoms with E-state index in [1.165, 1.54) is 12.4 Å². The Kier molecular flexibility index (Phi) is 8.19. The molecule has 3 aliphatic rings. The van der Waals surface area contributed by atoms with E-state index in [0.29, 0.717) is 50.7 Å². The van der Waals surface area contributed by atoms with Gasteiger partial charge in [0.05, 0.1) is 22.7 Å². The van der Waals surface area contributed by atoms with Crippen molar-refractivity contribution in [2.45, 2.75) is 51.2 Å². The molecule has 3 heterocycles. The molecule has 1 N–H and O–H groups in total. The van der Waals surface area contributed by atoms with Gasteiger partial charge in [-0.3, -0.25) is 14.6 Å². The summed E-state index contributed by atoms with van der Waals surface area (Å²) in [4.78, 5) is 31.7. The Morgan fingerprint density at radius 1 is 1.11 bits per heavy atom. The Labute approximate surface area is 229 Å². The molecule has 5 rings (SSSR count). The number of aliphatic hydroxyl groups excluding tert-OH is 1. The number of fused-ring (bicyclic) bond motifs is 1. The molecule has 1 aromatic heterocycles. The largest absolute Gasteiger partial charge is 0.387 e. The molecule has 206 valence electrons. The number of halogens is 2. The van der Waals surface area contributed by atoms with Gasteiger partial charge >= 0.3 is 0 Å². The molecule has 0 saturated carbocycles. The van der Waals surface area contributed by atoms with Gasteiger partial charge in [-0.15, -0.1) is 0 Å². The SMILES string of the molecule is CC(C)N1CCN(C[C@@H](C(=O)N2CCN(c3ncnc4c3[C@H](C)C[C@H]4O)CC2)c2ccc(Cl)c(F)c2)CC1. The van der Waals surface area contributed by atoms with Gasteiger partial charge in [0.1, 0.15) is 18.0 Å². The summed E-state index contributed by atoms with van der Waals surface area (Å²) < 4.78 is 14.5. The highest BCUT2D eigenvalue weighted by Crippen LogP contribution is 2.42. The zero-order valence-corrected chi connectivity index (χ0v) is 23.2. The number of piperazine rings is 2. The Balaban J connectivity index is 1.30. The highest BCUT2D eigenvalue weighted by Gasteiger charge is 2.36. The number of hydrogen-bond donors (Lipinski definition) is 1. The summed E-state index contributed by atoms with van der Waals surface area (Å²) in [6, 6.07) is 5.25. The first-order valence-corrected chi connectivity index (χ1v) is 14.1. The predicted octanol–water partition coefficient (Wildman–Crippen LogP) is 3.27. The average Bonchev–Trinajstić information content (AvgIpc) is 3.22. The van der Waals surface area contributed by atoms with Gasteiger partial charge in [0.25, 0.3) is 0 Å². The monoisotopic (exact) mass is 544 g/mol. The van der Waals surface area contributed by atoms with Crippen LogP contribution in [0.4, 0.5) is 10.2 Å². The number of aliphatic hydroxyl groups is 1. The van der Waals surface area contributed by atoms with Gasteiger partial charge in [0.2, 0.25) is 5.91 Å². The maximum absolute atomic E-state index is 14.5. The summed E-state index contributed by atoms with van der Waals surface area (Å²) in [6.45, 7) is 13.2. The Bertz CT molecular complexity index is 1150. The third-order valence-electron chi connectivity index (χ3n) is 8.39. The summed E-state index contributed by atoms with van der Waals surface area (Å²) in [6.07, 6.45) is 1.63. The molecular weight excluding hydrogens is 507 g/mol. The maximum atomic E-state index is 14.5. The predicted molar refractivity (Wildman–Crippen MR) is 146 cm³/mol. The van der Waals surface area contributed by atoms with Crippen LogP contribution in [-0.2, 0) is 4.79 Å². The van der Waals surface area contributed by atoms with Crippen LogP contribution in [0.5, 0.6) is 0 Å². The molecule has 2 saturated heterocycles. The molecule has 10 heteroatoms. The van der Waals surface area contributed by atoms with E-state index in [-0.39, 0.29) is 16.8 Å². The van der Waals surface area contributed by atoms with E-state index >= 15 is 0 Å². The zero-order chi connectivity index (χ0) is 27.0. The van der Waals surface area contributed by atoms with Crippen molar-refractivity contribution < 1.29 is 14.3 Å². The van der Waals surface area contributed by atoms with Crippen molar-refractivity contribution in [2.24, 2.45) is 0 Å². The van der Waals surface area contributed by atoms with Crippen molar-refractivity contribution in [1.82, 2.24) is 24.7 Å². The normalized spacial score (nSPS) is 23.7. The first kappa shape index (κ1) is 27.2. The van der Waals surface area contributed by atoms with Crippen molar-refractivity contribution in [2.75, 3.05) is 63.8 Å². The Morgan fingerprint density at radius 3 is 2.47 bits per heavy atom. The van der Waals surface area contributed by atoms with Crippen LogP contribution in [0.25, 0.3) is 0 Å². The lowest BCUT2D eigenvalue weighted by Crippen LogP contribution is -2.53. The van der Waals surface area contributed by atoms with Gasteiger partial charge < -0.3 is 14.9 Å². The number of nitrogens with zero attached hydrogens (tertiary/aromatic N) is 6. The van der Waals surface area contributed by atoms with Crippen molar-refractivity contribution in [3.63, 3.8) is 0 Å². The summed E-state index contributed by atoms with van der Waals surface area (Å²) >= 11 is 5.97. The summed E-state index contributed by atoms with van der Waals surface area (Å²) in [5, 5.41) is 10.4. The topological polar surface area (TPSA) is 76.0 Å². The smallest absolute Gasteiger partial charge is 0.231 e. The van der Waals surface area contributed by atoms with Gasteiger partial charge in [0, 0.05) is 70.5 Å². The molecule has 1 amide bonds. The van der Waals surface area contributed by atoms with E-state index in [1.54, 1.807) is 12.1 Å². The van der Waals surface area contributed by atoms with Gasteiger partial charge in [0.15, 0.2) is 0 Å². The quantitative estimate of drug-likeness (QED) is 0.598. The first-order chi connectivity index (χ1) is 18.2. The standard InChI is InChI=1S/C28H38ClFN6O2/c1-18(2)34-8-6-33(7-9-34)16-21(20-4-5-22(29)23(30)15-20)28(38)36-12-10-35(11-13-36)27-25-19(3)14-24(37)26(25)31-17-32-27/h4-5,15,17-19,21,24,37H,6-14,16H2,1-3H3/t19-,21-,24-/m1/s1. The third kappa shape index (κ3) is 5.52. The number of benzene rings is 1. The number of anilines is 1. The number of carbonyl (C=O) groups excluding carboxylic acids is 1. The third-order valence-corrected chi connectivity index (χ3v) is 8.70. The van der Waals surface area contributed by atoms with Crippen LogP contribution in [0.2, 0.25) is 5.02 Å². The van der Waals surface area contributed by atoms with E-state index in [4.69, 9.17) is 11.6 Å². The van der Waals surface area contributed by atoms with Crippen LogP contribution in [0, 0.1) is 5.82 Å². The van der Waals surface area contributed by atoms with E-state index in [2.05, 4.69) is 45.4 Å². The van der Waals surface area contributed by atoms with Crippen LogP contribution in [0.15, 0.2) is 24.5 Å². The molecule has 0 radical (unpaired) electrons. The van der Waals surface area contributed by atoms with Gasteiger partial charge in [-0.05, 0) is 43.9 Å². The van der Waals surface area contributed by atoms with Gasteiger partial charge in [-0.25, -0.2) is 14.4 Å². The van der Waals surface area contributed by atoms with Crippen molar-refractivity contribution in [3.8, 4) is 0 Å². The first-order valence-electron chi connectivity index (χ1n) is 13.7. The van der Waals surface area contributed by atoms with Crippen molar-refractivity contribution in [1.29, 1.82) is 0 Å². The Hall–Kier alpha value is -2.33. The molecular formula is C28H38ClFN6O2. The highest BCUT2D eigenvalue weighted by atomic mass is 35.5. The molecule has 2 aliphatic heterocycles. The fourth-order valence-corrected chi connectivity index (χ4v) is 6.21. The Morgan fingerprint density at radius 2 is 1.82 bits per heavy atom. The molecule has 1 aromatic carbocycles. The summed E-state index contributed by atoms with van der Waals surface area (Å²) in [5.41, 5.74) is 2.42. The minimum atomic E-state index is -0.549. The molecule has 0 bridgehead atoms. The van der Waals surface area contributed by atoms with Crippen LogP contribution in [-0.4, -0.2) is 101 Å². The molecule has 0 spiro atoms. The fourth-order valence-electron chi connectivity index (χ4n) is 6.09. The minimum Gasteiger partial charge on any atom is -0.387 e. The van der Waals surface area contributed by atoms with E-state index in [9.17, 15) is 14.3 Å². The van der Waals surface area contributed by atoms with Crippen LogP contribution in [0.1, 0.15) is 62.0 Å². The molecule has 38 heavy (non-hydrogen) atoms. The second kappa shape index (κ2) is 11.4. The van der Waals surface area contributed by atoms with Crippen molar-refractivity contribution in [3.05, 3.63) is 52.2 Å². The van der Waals surface area contributed by atoms with E-state index in [1.807, 2.05) is 4.90 Å². The van der Waals surface area contributed by atoms with E-state index in [0.717, 1.165) is 43.3 Å². The fraction of sp³-hybridized carbons (Fsp3) is 0.607. The number of carbonyl (C=O) groups is 1. The average molecular weight is 545 g/mol. The zero-order valence-electron chi connectivity index (χ0n) is 22.5. The van der Waals surface area contributed by atoms with Gasteiger partial charge in [-0.1, -0.05) is 24.6 Å². The number of hydrogen-bond acceptors (Lipinski definition) is 7. The van der Waals surface area contributed by atoms with Crippen LogP contribution in [0.3, 0.4) is 0 Å². The maximum Gasteiger partial charge on any atom is 0.231 e. The minimum absolute atomic E-state index is 0.0226. The lowest BCUT2D eigenvalue weighted by Gasteiger charge is -2.40. The molecule has 8 nitrogen and oxygen atoms in total. The lowest BCUT2D eigenvalue weighted by molar-refractivity contribution is -0.133. The number of amides is 1. The lowest BCUT2D eigenvalue weighted by atomic mass is 9.95. The molecule has 2 aromatic rings. The van der Waals surface area contributed by atoms with Crippen LogP contribution >= 0.6 is 11.6 Å². The molecule has 1 aliphatic carbocycles. The van der Waals surface area contributed by atoms with Crippen LogP contribution < -0.4 is 4.90 Å². The molecule has 3 atom stereocenters.